The van der Waals surface area contributed by atoms with Crippen LogP contribution in [0, 0.1) is 20.8 Å². The third kappa shape index (κ3) is 13.8. The molecule has 19 heteroatoms. The Morgan fingerprint density at radius 1 is 1.17 bits per heavy atom. The molecule has 2 aromatic rings. The molecule has 17 nitrogen and oxygen atoms in total. The number of esters is 1. The summed E-state index contributed by atoms with van der Waals surface area (Å²) in [6.45, 7) is 3.41. The number of hydrogen-bond donors (Lipinski definition) is 2. The average Bonchev–Trinajstić information content (AvgIpc) is 3.00. The van der Waals surface area contributed by atoms with E-state index in [1.165, 1.54) is 43.5 Å². The molecule has 0 fully saturated rings. The summed E-state index contributed by atoms with van der Waals surface area (Å²) < 4.78 is 49.4. The first-order valence-electron chi connectivity index (χ1n) is 14.8. The van der Waals surface area contributed by atoms with Crippen molar-refractivity contribution in [3.8, 4) is 11.3 Å². The van der Waals surface area contributed by atoms with Crippen LogP contribution in [0.3, 0.4) is 0 Å². The van der Waals surface area contributed by atoms with Crippen LogP contribution in [0.1, 0.15) is 56.7 Å². The lowest BCUT2D eigenvalue weighted by atomic mass is 9.97. The van der Waals surface area contributed by atoms with E-state index in [0.717, 1.165) is 10.6 Å². The van der Waals surface area contributed by atoms with Crippen LogP contribution < -0.4 is 4.31 Å². The van der Waals surface area contributed by atoms with Gasteiger partial charge in [0.25, 0.3) is 5.09 Å². The summed E-state index contributed by atoms with van der Waals surface area (Å²) >= 11 is 0. The highest BCUT2D eigenvalue weighted by Crippen LogP contribution is 2.31. The third-order valence-electron chi connectivity index (χ3n) is 6.64. The Labute approximate surface area is 276 Å². The molecule has 0 spiro atoms. The highest BCUT2D eigenvalue weighted by Gasteiger charge is 2.23. The van der Waals surface area contributed by atoms with E-state index in [0.29, 0.717) is 22.5 Å². The van der Waals surface area contributed by atoms with Crippen LogP contribution >= 0.6 is 0 Å². The first kappa shape index (κ1) is 39.8. The van der Waals surface area contributed by atoms with E-state index in [2.05, 4.69) is 25.0 Å². The zero-order chi connectivity index (χ0) is 35.9. The van der Waals surface area contributed by atoms with Gasteiger partial charge in [0.05, 0.1) is 42.9 Å². The molecule has 1 aromatic carbocycles. The standard InChI is InChI=1S/C29H40FN5O12S/c1-19(2)27-25(28(20-6-8-21(30)9-7-20)32-29(31-27)34(3)48(4,42)43)11-10-22(36)16-23(37)17-26(38)45-14-5-13-44-15-12-24(18-46-33-39)47-35(40)41/h6-11,19,22-24,36-37H,5,12-18H2,1-4H3/b11-10+. The van der Waals surface area contributed by atoms with Crippen LogP contribution in [0.25, 0.3) is 17.3 Å². The second-order valence-electron chi connectivity index (χ2n) is 10.9. The minimum absolute atomic E-state index is 0.0321. The molecule has 0 aliphatic rings. The van der Waals surface area contributed by atoms with Gasteiger partial charge in [-0.1, -0.05) is 26.0 Å². The number of aromatic nitrogens is 2. The van der Waals surface area contributed by atoms with Crippen molar-refractivity contribution in [2.24, 2.45) is 5.34 Å². The minimum atomic E-state index is -3.71. The summed E-state index contributed by atoms with van der Waals surface area (Å²) in [4.78, 5) is 50.1. The van der Waals surface area contributed by atoms with Gasteiger partial charge in [-0.15, -0.1) is 15.0 Å². The normalized spacial score (nSPS) is 13.6. The number of halogens is 1. The molecule has 0 amide bonds. The monoisotopic (exact) mass is 701 g/mol. The van der Waals surface area contributed by atoms with Crippen molar-refractivity contribution in [1.29, 1.82) is 0 Å². The van der Waals surface area contributed by atoms with Crippen LogP contribution in [0.2, 0.25) is 0 Å². The van der Waals surface area contributed by atoms with Gasteiger partial charge in [0.2, 0.25) is 16.0 Å². The van der Waals surface area contributed by atoms with Crippen molar-refractivity contribution in [1.82, 2.24) is 9.97 Å². The SMILES string of the molecule is CC(C)c1nc(N(C)S(C)(=O)=O)nc(-c2ccc(F)cc2)c1/C=C/C(O)CC(O)CC(=O)OCCCOCCC(CON=O)O[N+](=O)[O-]. The predicted molar refractivity (Wildman–Crippen MR) is 170 cm³/mol. The van der Waals surface area contributed by atoms with Crippen molar-refractivity contribution >= 4 is 28.0 Å². The number of sulfonamides is 1. The molecule has 3 unspecified atom stereocenters. The average molecular weight is 702 g/mol. The zero-order valence-electron chi connectivity index (χ0n) is 26.9. The van der Waals surface area contributed by atoms with Gasteiger partial charge in [-0.3, -0.25) is 4.79 Å². The van der Waals surface area contributed by atoms with E-state index in [-0.39, 0.29) is 50.9 Å². The molecule has 0 aliphatic heterocycles. The Kier molecular flexibility index (Phi) is 16.2. The fraction of sp³-hybridized carbons (Fsp3) is 0.552. The summed E-state index contributed by atoms with van der Waals surface area (Å²) in [7, 11) is -2.39. The third-order valence-corrected chi connectivity index (χ3v) is 7.79. The molecule has 2 N–H and O–H groups in total. The number of carbonyl (C=O) groups is 1. The number of ether oxygens (including phenoxy) is 2. The first-order chi connectivity index (χ1) is 22.6. The van der Waals surface area contributed by atoms with Gasteiger partial charge in [-0.2, -0.15) is 0 Å². The molecular formula is C29H40FN5O12S. The highest BCUT2D eigenvalue weighted by atomic mass is 32.2. The molecular weight excluding hydrogens is 661 g/mol. The predicted octanol–water partition coefficient (Wildman–Crippen LogP) is 2.93. The Hall–Kier alpha value is -4.33. The number of nitrogens with zero attached hydrogens (tertiary/aromatic N) is 5. The second-order valence-corrected chi connectivity index (χ2v) is 12.9. The molecule has 0 saturated carbocycles. The van der Waals surface area contributed by atoms with Gasteiger partial charge in [0.1, 0.15) is 18.5 Å². The van der Waals surface area contributed by atoms with E-state index in [1.54, 1.807) is 0 Å². The van der Waals surface area contributed by atoms with Crippen LogP contribution in [0.5, 0.6) is 0 Å². The lowest BCUT2D eigenvalue weighted by Crippen LogP contribution is -2.27. The Balaban J connectivity index is 1.98. The summed E-state index contributed by atoms with van der Waals surface area (Å²) in [5, 5.41) is 32.6. The molecule has 1 aromatic heterocycles. The van der Waals surface area contributed by atoms with Gasteiger partial charge in [0.15, 0.2) is 5.34 Å². The lowest BCUT2D eigenvalue weighted by Gasteiger charge is -2.20. The topological polar surface area (TPSA) is 230 Å². The lowest BCUT2D eigenvalue weighted by molar-refractivity contribution is -0.769. The number of aliphatic hydroxyl groups is 2. The van der Waals surface area contributed by atoms with Crippen molar-refractivity contribution in [3.05, 3.63) is 62.4 Å². The summed E-state index contributed by atoms with van der Waals surface area (Å²) in [6, 6.07) is 5.43. The first-order valence-corrected chi connectivity index (χ1v) is 16.6. The molecule has 3 atom stereocenters. The Morgan fingerprint density at radius 2 is 1.85 bits per heavy atom. The number of benzene rings is 1. The second kappa shape index (κ2) is 19.5. The molecule has 48 heavy (non-hydrogen) atoms. The quantitative estimate of drug-likeness (QED) is 0.0591. The molecule has 0 radical (unpaired) electrons. The summed E-state index contributed by atoms with van der Waals surface area (Å²) in [5.74, 6) is -1.50. The fourth-order valence-electron chi connectivity index (χ4n) is 4.16. The smallest absolute Gasteiger partial charge is 0.308 e. The van der Waals surface area contributed by atoms with Crippen LogP contribution in [-0.4, -0.2) is 97.7 Å². The van der Waals surface area contributed by atoms with E-state index in [9.17, 15) is 42.8 Å². The van der Waals surface area contributed by atoms with E-state index in [1.807, 2.05) is 13.8 Å². The van der Waals surface area contributed by atoms with E-state index < -0.39 is 58.2 Å². The van der Waals surface area contributed by atoms with Crippen molar-refractivity contribution in [3.63, 3.8) is 0 Å². The maximum Gasteiger partial charge on any atom is 0.308 e. The summed E-state index contributed by atoms with van der Waals surface area (Å²) in [5.41, 5.74) is 1.68. The van der Waals surface area contributed by atoms with Gasteiger partial charge in [0, 0.05) is 50.7 Å². The van der Waals surface area contributed by atoms with Crippen molar-refractivity contribution < 1.29 is 52.1 Å². The van der Waals surface area contributed by atoms with Crippen molar-refractivity contribution in [2.45, 2.75) is 63.8 Å². The Morgan fingerprint density at radius 3 is 2.46 bits per heavy atom. The van der Waals surface area contributed by atoms with Crippen LogP contribution in [0.15, 0.2) is 35.7 Å². The molecule has 0 saturated heterocycles. The largest absolute Gasteiger partial charge is 0.466 e. The maximum atomic E-state index is 13.7. The molecule has 0 aliphatic carbocycles. The highest BCUT2D eigenvalue weighted by molar-refractivity contribution is 7.92. The minimum Gasteiger partial charge on any atom is -0.466 e. The number of hydrogen-bond acceptors (Lipinski definition) is 15. The maximum absolute atomic E-state index is 13.7. The van der Waals surface area contributed by atoms with Crippen LogP contribution in [0.4, 0.5) is 10.3 Å². The van der Waals surface area contributed by atoms with Crippen LogP contribution in [-0.2, 0) is 34.0 Å². The molecule has 1 heterocycles. The number of rotatable bonds is 22. The zero-order valence-corrected chi connectivity index (χ0v) is 27.7. The fourth-order valence-corrected chi connectivity index (χ4v) is 4.54. The van der Waals surface area contributed by atoms with Gasteiger partial charge in [-0.05, 0) is 30.2 Å². The van der Waals surface area contributed by atoms with Gasteiger partial charge >= 0.3 is 5.97 Å². The molecule has 0 bridgehead atoms. The van der Waals surface area contributed by atoms with E-state index >= 15 is 0 Å². The molecule has 266 valence electrons. The van der Waals surface area contributed by atoms with Crippen molar-refractivity contribution in [2.75, 3.05) is 44.0 Å². The summed E-state index contributed by atoms with van der Waals surface area (Å²) in [6.07, 6.45) is 0.136. The van der Waals surface area contributed by atoms with Gasteiger partial charge < -0.3 is 29.4 Å². The van der Waals surface area contributed by atoms with E-state index in [4.69, 9.17) is 9.47 Å². The van der Waals surface area contributed by atoms with Gasteiger partial charge in [-0.25, -0.2) is 27.1 Å². The Bertz CT molecular complexity index is 1490. The number of anilines is 1. The number of carbonyl (C=O) groups excluding carboxylic acids is 1. The molecule has 2 rings (SSSR count). The number of aliphatic hydroxyl groups excluding tert-OH is 2.